The van der Waals surface area contributed by atoms with Gasteiger partial charge in [-0.05, 0) is 47.6 Å². The number of rotatable bonds is 4. The van der Waals surface area contributed by atoms with Gasteiger partial charge in [0.05, 0.1) is 0 Å². The molecule has 0 saturated heterocycles. The van der Waals surface area contributed by atoms with Crippen LogP contribution in [0.4, 0.5) is 0 Å². The number of hydrogen-bond acceptors (Lipinski definition) is 0. The van der Waals surface area contributed by atoms with Gasteiger partial charge in [0.2, 0.25) is 0 Å². The molecule has 6 aromatic carbocycles. The van der Waals surface area contributed by atoms with Crippen LogP contribution in [0.25, 0.3) is 43.1 Å². The Morgan fingerprint density at radius 3 is 1.32 bits per heavy atom. The van der Waals surface area contributed by atoms with E-state index < -0.39 is 8.07 Å². The molecule has 2 heteroatoms. The molecule has 44 heavy (non-hydrogen) atoms. The Morgan fingerprint density at radius 1 is 0.591 bits per heavy atom. The average molecular weight is 629 g/mol. The Labute approximate surface area is 281 Å². The number of aryl methyl sites for hydroxylation is 6. The molecule has 224 valence electrons. The summed E-state index contributed by atoms with van der Waals surface area (Å²) in [5.41, 5.74) is 9.19. The Hall–Kier alpha value is -2.45. The van der Waals surface area contributed by atoms with Crippen molar-refractivity contribution < 1.29 is 21.7 Å². The van der Waals surface area contributed by atoms with Gasteiger partial charge in [0.15, 0.2) is 0 Å². The molecule has 0 aliphatic heterocycles. The summed E-state index contributed by atoms with van der Waals surface area (Å²) in [4.78, 5) is 0. The van der Waals surface area contributed by atoms with Gasteiger partial charge in [0.1, 0.15) is 0 Å². The summed E-state index contributed by atoms with van der Waals surface area (Å²) in [6.45, 7) is 21.4. The molecule has 8 rings (SSSR count). The minimum atomic E-state index is -1.98. The van der Waals surface area contributed by atoms with Crippen molar-refractivity contribution in [3.8, 4) is 0 Å². The summed E-state index contributed by atoms with van der Waals surface area (Å²) in [6.07, 6.45) is 9.32. The molecule has 0 amide bonds. The topological polar surface area (TPSA) is 0 Å². The van der Waals surface area contributed by atoms with Crippen molar-refractivity contribution in [2.45, 2.75) is 92.2 Å². The Balaban J connectivity index is 0.000000385. The zero-order valence-electron chi connectivity index (χ0n) is 27.8. The van der Waals surface area contributed by atoms with Crippen LogP contribution in [-0.2, 0) is 47.4 Å². The number of hydrogen-bond donors (Lipinski definition) is 0. The van der Waals surface area contributed by atoms with Crippen molar-refractivity contribution >= 4 is 61.5 Å². The van der Waals surface area contributed by atoms with Crippen molar-refractivity contribution in [3.05, 3.63) is 108 Å². The first kappa shape index (κ1) is 32.9. The summed E-state index contributed by atoms with van der Waals surface area (Å²) < 4.78 is 0. The summed E-state index contributed by atoms with van der Waals surface area (Å²) in [5, 5.41) is 15.3. The van der Waals surface area contributed by atoms with Gasteiger partial charge in [-0.25, -0.2) is 0 Å². The molecule has 0 unspecified atom stereocenters. The van der Waals surface area contributed by atoms with Crippen molar-refractivity contribution in [2.24, 2.45) is 0 Å². The second-order valence-electron chi connectivity index (χ2n) is 13.4. The van der Waals surface area contributed by atoms with E-state index in [0.717, 1.165) is 12.8 Å². The molecule has 2 aliphatic rings. The zero-order valence-corrected chi connectivity index (χ0v) is 30.4. The molecule has 0 aromatic heterocycles. The summed E-state index contributed by atoms with van der Waals surface area (Å²) in [7, 11) is -1.98. The molecular formula is C42H48SiTi. The predicted molar refractivity (Wildman–Crippen MR) is 196 cm³/mol. The van der Waals surface area contributed by atoms with Gasteiger partial charge in [0, 0.05) is 8.07 Å². The summed E-state index contributed by atoms with van der Waals surface area (Å²) in [5.74, 6) is 0. The first-order valence-electron chi connectivity index (χ1n) is 16.6. The first-order chi connectivity index (χ1) is 20.8. The fourth-order valence-corrected chi connectivity index (χ4v) is 12.3. The molecular weight excluding hydrogens is 580 g/mol. The molecule has 6 aromatic rings. The van der Waals surface area contributed by atoms with Crippen LogP contribution in [0.2, 0.25) is 13.1 Å². The second kappa shape index (κ2) is 13.1. The molecule has 2 aliphatic carbocycles. The van der Waals surface area contributed by atoms with Gasteiger partial charge >= 0.3 is 21.7 Å². The molecule has 0 atom stereocenters. The average Bonchev–Trinajstić information content (AvgIpc) is 3.78. The quantitative estimate of drug-likeness (QED) is 0.135. The van der Waals surface area contributed by atoms with Crippen molar-refractivity contribution in [3.63, 3.8) is 0 Å². The van der Waals surface area contributed by atoms with Crippen LogP contribution in [0.3, 0.4) is 0 Å². The second-order valence-corrected chi connectivity index (χ2v) is 17.7. The van der Waals surface area contributed by atoms with E-state index >= 15 is 0 Å². The Kier molecular flexibility index (Phi) is 9.81. The monoisotopic (exact) mass is 628 g/mol. The SMILES string of the molecule is Cc1cc2c3cccc4c3c(cc2[c-]1[Si](C)(C)[c-]1c(C)cc2c3cccc5c3c(cc21)CC5)CC4.[CH2-]CCC.[CH2-]CCC.[Ti+4]. The van der Waals surface area contributed by atoms with Crippen LogP contribution < -0.4 is 10.4 Å². The predicted octanol–water partition coefficient (Wildman–Crippen LogP) is 10.6. The van der Waals surface area contributed by atoms with E-state index in [-0.39, 0.29) is 21.7 Å². The zero-order chi connectivity index (χ0) is 30.5. The van der Waals surface area contributed by atoms with E-state index in [9.17, 15) is 0 Å². The molecule has 0 saturated carbocycles. The normalized spacial score (nSPS) is 13.3. The van der Waals surface area contributed by atoms with Gasteiger partial charge in [-0.3, -0.25) is 0 Å². The molecule has 0 radical (unpaired) electrons. The maximum atomic E-state index is 3.60. The summed E-state index contributed by atoms with van der Waals surface area (Å²) in [6, 6.07) is 24.1. The molecule has 0 spiro atoms. The summed E-state index contributed by atoms with van der Waals surface area (Å²) >= 11 is 0. The van der Waals surface area contributed by atoms with Crippen LogP contribution in [0, 0.1) is 27.7 Å². The van der Waals surface area contributed by atoms with E-state index in [1.165, 1.54) is 92.7 Å². The van der Waals surface area contributed by atoms with Crippen LogP contribution >= 0.6 is 0 Å². The minimum Gasteiger partial charge on any atom is -0.343 e. The largest absolute Gasteiger partial charge is 4.00 e. The van der Waals surface area contributed by atoms with E-state index in [1.54, 1.807) is 32.6 Å². The van der Waals surface area contributed by atoms with E-state index in [4.69, 9.17) is 0 Å². The molecule has 0 fully saturated rings. The van der Waals surface area contributed by atoms with Crippen LogP contribution in [0.15, 0.2) is 60.7 Å². The van der Waals surface area contributed by atoms with Crippen LogP contribution in [0.1, 0.15) is 72.9 Å². The van der Waals surface area contributed by atoms with Crippen LogP contribution in [-0.4, -0.2) is 8.07 Å². The fourth-order valence-electron chi connectivity index (χ4n) is 8.21. The molecule has 0 heterocycles. The van der Waals surface area contributed by atoms with Gasteiger partial charge in [0.25, 0.3) is 0 Å². The van der Waals surface area contributed by atoms with Crippen LogP contribution in [0.5, 0.6) is 0 Å². The van der Waals surface area contributed by atoms with Gasteiger partial charge < -0.3 is 13.8 Å². The Morgan fingerprint density at radius 2 is 0.955 bits per heavy atom. The van der Waals surface area contributed by atoms with Gasteiger partial charge in [-0.15, -0.1) is 55.2 Å². The molecule has 0 bridgehead atoms. The third-order valence-corrected chi connectivity index (χ3v) is 13.9. The van der Waals surface area contributed by atoms with Crippen molar-refractivity contribution in [2.75, 3.05) is 0 Å². The van der Waals surface area contributed by atoms with Gasteiger partial charge in [-0.1, -0.05) is 112 Å². The number of unbranched alkanes of at least 4 members (excludes halogenated alkanes) is 2. The third kappa shape index (κ3) is 5.28. The van der Waals surface area contributed by atoms with Crippen molar-refractivity contribution in [1.82, 2.24) is 0 Å². The van der Waals surface area contributed by atoms with Gasteiger partial charge in [-0.2, -0.15) is 25.0 Å². The first-order valence-corrected chi connectivity index (χ1v) is 19.6. The van der Waals surface area contributed by atoms with Crippen molar-refractivity contribution in [1.29, 1.82) is 0 Å². The minimum absolute atomic E-state index is 0. The number of fused-ring (bicyclic) bond motifs is 4. The third-order valence-electron chi connectivity index (χ3n) is 10.1. The number of benzene rings is 4. The van der Waals surface area contributed by atoms with E-state index in [2.05, 4.69) is 115 Å². The smallest absolute Gasteiger partial charge is 0.343 e. The maximum Gasteiger partial charge on any atom is 4.00 e. The molecule has 0 N–H and O–H groups in total. The Bertz CT molecular complexity index is 1820. The standard InChI is InChI=1S/C34H30Si.2C4H9.Ti/c1-19-15-27-25-9-5-7-21-11-13-23(31(21)25)17-29(27)33(19)35(3,4)34-20(2)16-28-26-10-6-8-22-12-14-24(32(22)26)18-30(28)34;2*1-3-4-2;/h5-10,15-18H,11-14H2,1-4H3;2*1,3-4H2,2H3;/q-2;2*-1;+4. The van der Waals surface area contributed by atoms with E-state index in [1.807, 2.05) is 0 Å². The van der Waals surface area contributed by atoms with E-state index in [0.29, 0.717) is 0 Å². The fraction of sp³-hybridized carbons (Fsp3) is 0.333. The maximum absolute atomic E-state index is 3.60. The molecule has 0 nitrogen and oxygen atoms in total.